The molecule has 2 heterocycles. The molecule has 0 aromatic heterocycles. The predicted octanol–water partition coefficient (Wildman–Crippen LogP) is 2.19. The molecule has 0 radical (unpaired) electrons. The zero-order chi connectivity index (χ0) is 13.5. The van der Waals surface area contributed by atoms with Gasteiger partial charge in [-0.3, -0.25) is 0 Å². The third kappa shape index (κ3) is 2.23. The molecule has 2 bridgehead atoms. The van der Waals surface area contributed by atoms with Crippen molar-refractivity contribution in [1.82, 2.24) is 4.90 Å². The first kappa shape index (κ1) is 12.9. The van der Waals surface area contributed by atoms with Crippen LogP contribution in [0.4, 0.5) is 10.1 Å². The molecule has 19 heavy (non-hydrogen) atoms. The second-order valence-electron chi connectivity index (χ2n) is 6.05. The van der Waals surface area contributed by atoms with E-state index in [0.29, 0.717) is 24.3 Å². The van der Waals surface area contributed by atoms with Gasteiger partial charge in [-0.25, -0.2) is 4.39 Å². The summed E-state index contributed by atoms with van der Waals surface area (Å²) < 4.78 is 13.8. The number of hydrogen-bond donors (Lipinski definition) is 2. The van der Waals surface area contributed by atoms with Crippen LogP contribution in [0.25, 0.3) is 0 Å². The molecule has 2 aliphatic heterocycles. The molecule has 4 heteroatoms. The number of benzene rings is 1. The van der Waals surface area contributed by atoms with E-state index in [0.717, 1.165) is 12.8 Å². The van der Waals surface area contributed by atoms with Gasteiger partial charge in [-0.05, 0) is 44.9 Å². The molecule has 1 aromatic carbocycles. The molecule has 0 aliphatic carbocycles. The molecule has 0 amide bonds. The number of piperidine rings is 1. The van der Waals surface area contributed by atoms with Crippen LogP contribution >= 0.6 is 0 Å². The van der Waals surface area contributed by atoms with Gasteiger partial charge in [0.2, 0.25) is 0 Å². The molecular formula is C15H22FN3. The molecule has 3 rings (SSSR count). The second-order valence-corrected chi connectivity index (χ2v) is 6.05. The van der Waals surface area contributed by atoms with E-state index in [1.165, 1.54) is 18.9 Å². The highest BCUT2D eigenvalue weighted by Crippen LogP contribution is 2.41. The van der Waals surface area contributed by atoms with Crippen LogP contribution in [-0.4, -0.2) is 36.1 Å². The molecule has 3 nitrogen and oxygen atoms in total. The molecule has 2 aliphatic rings. The molecule has 2 unspecified atom stereocenters. The predicted molar refractivity (Wildman–Crippen MR) is 75.6 cm³/mol. The van der Waals surface area contributed by atoms with Crippen LogP contribution in [0.3, 0.4) is 0 Å². The van der Waals surface area contributed by atoms with Crippen molar-refractivity contribution >= 4 is 5.69 Å². The molecule has 2 fully saturated rings. The number of nitrogens with two attached hydrogens (primary N) is 1. The first-order valence-corrected chi connectivity index (χ1v) is 7.08. The summed E-state index contributed by atoms with van der Waals surface area (Å²) in [4.78, 5) is 2.47. The molecular weight excluding hydrogens is 241 g/mol. The lowest BCUT2D eigenvalue weighted by molar-refractivity contribution is 0.127. The highest BCUT2D eigenvalue weighted by Gasteiger charge is 2.46. The normalized spacial score (nSPS) is 34.5. The number of hydrogen-bond acceptors (Lipinski definition) is 3. The highest BCUT2D eigenvalue weighted by molar-refractivity contribution is 5.47. The van der Waals surface area contributed by atoms with Crippen molar-refractivity contribution in [2.45, 2.75) is 43.3 Å². The first-order valence-electron chi connectivity index (χ1n) is 7.08. The maximum absolute atomic E-state index is 13.8. The Labute approximate surface area is 114 Å². The van der Waals surface area contributed by atoms with Gasteiger partial charge in [-0.15, -0.1) is 0 Å². The number of halogens is 1. The Kier molecular flexibility index (Phi) is 3.23. The van der Waals surface area contributed by atoms with E-state index in [9.17, 15) is 4.39 Å². The van der Waals surface area contributed by atoms with Crippen LogP contribution in [0.15, 0.2) is 24.3 Å². The number of nitrogens with one attached hydrogen (secondary N) is 1. The SMILES string of the molecule is CN1C2CCC1CC(CN)(Nc1ccccc1F)C2. The van der Waals surface area contributed by atoms with Crippen LogP contribution in [0, 0.1) is 5.82 Å². The Morgan fingerprint density at radius 1 is 1.32 bits per heavy atom. The number of nitrogens with zero attached hydrogens (tertiary/aromatic N) is 1. The van der Waals surface area contributed by atoms with Crippen molar-refractivity contribution in [3.8, 4) is 0 Å². The third-order valence-electron chi connectivity index (χ3n) is 4.90. The summed E-state index contributed by atoms with van der Waals surface area (Å²) in [6.07, 6.45) is 4.49. The van der Waals surface area contributed by atoms with Gasteiger partial charge in [-0.2, -0.15) is 0 Å². The van der Waals surface area contributed by atoms with Crippen LogP contribution in [0.5, 0.6) is 0 Å². The van der Waals surface area contributed by atoms with Gasteiger partial charge < -0.3 is 16.0 Å². The fourth-order valence-electron chi connectivity index (χ4n) is 3.74. The van der Waals surface area contributed by atoms with Crippen molar-refractivity contribution < 1.29 is 4.39 Å². The maximum atomic E-state index is 13.8. The first-order chi connectivity index (χ1) is 9.13. The topological polar surface area (TPSA) is 41.3 Å². The van der Waals surface area contributed by atoms with Gasteiger partial charge in [0, 0.05) is 18.6 Å². The molecule has 0 spiro atoms. The van der Waals surface area contributed by atoms with Crippen molar-refractivity contribution in [3.63, 3.8) is 0 Å². The average Bonchev–Trinajstić information content (AvgIpc) is 2.65. The minimum atomic E-state index is -0.193. The van der Waals surface area contributed by atoms with Crippen LogP contribution in [-0.2, 0) is 0 Å². The zero-order valence-electron chi connectivity index (χ0n) is 11.4. The smallest absolute Gasteiger partial charge is 0.146 e. The van der Waals surface area contributed by atoms with E-state index >= 15 is 0 Å². The second kappa shape index (κ2) is 4.76. The number of anilines is 1. The van der Waals surface area contributed by atoms with Gasteiger partial charge in [0.05, 0.1) is 11.2 Å². The van der Waals surface area contributed by atoms with E-state index in [-0.39, 0.29) is 11.4 Å². The Morgan fingerprint density at radius 2 is 1.95 bits per heavy atom. The van der Waals surface area contributed by atoms with E-state index in [1.807, 2.05) is 6.07 Å². The Bertz CT molecular complexity index is 448. The van der Waals surface area contributed by atoms with Crippen molar-refractivity contribution in [3.05, 3.63) is 30.1 Å². The van der Waals surface area contributed by atoms with E-state index in [2.05, 4.69) is 17.3 Å². The average molecular weight is 263 g/mol. The number of para-hydroxylation sites is 1. The summed E-state index contributed by atoms with van der Waals surface area (Å²) in [6.45, 7) is 0.558. The van der Waals surface area contributed by atoms with E-state index in [1.54, 1.807) is 12.1 Å². The lowest BCUT2D eigenvalue weighted by atomic mass is 9.82. The van der Waals surface area contributed by atoms with Gasteiger partial charge in [0.25, 0.3) is 0 Å². The largest absolute Gasteiger partial charge is 0.376 e. The van der Waals surface area contributed by atoms with E-state index < -0.39 is 0 Å². The van der Waals surface area contributed by atoms with Crippen LogP contribution < -0.4 is 11.1 Å². The van der Waals surface area contributed by atoms with Crippen molar-refractivity contribution in [2.75, 3.05) is 18.9 Å². The van der Waals surface area contributed by atoms with Crippen LogP contribution in [0.2, 0.25) is 0 Å². The molecule has 3 N–H and O–H groups in total. The van der Waals surface area contributed by atoms with Gasteiger partial charge in [0.1, 0.15) is 5.82 Å². The third-order valence-corrected chi connectivity index (χ3v) is 4.90. The Morgan fingerprint density at radius 3 is 2.53 bits per heavy atom. The molecule has 2 atom stereocenters. The Hall–Kier alpha value is -1.13. The summed E-state index contributed by atoms with van der Waals surface area (Å²) in [6, 6.07) is 8.04. The summed E-state index contributed by atoms with van der Waals surface area (Å²) in [5.74, 6) is -0.193. The summed E-state index contributed by atoms with van der Waals surface area (Å²) in [7, 11) is 2.20. The molecule has 104 valence electrons. The van der Waals surface area contributed by atoms with Gasteiger partial charge in [0.15, 0.2) is 0 Å². The highest BCUT2D eigenvalue weighted by atomic mass is 19.1. The number of fused-ring (bicyclic) bond motifs is 2. The summed E-state index contributed by atoms with van der Waals surface area (Å²) in [5, 5.41) is 3.41. The summed E-state index contributed by atoms with van der Waals surface area (Å²) in [5.41, 5.74) is 6.46. The summed E-state index contributed by atoms with van der Waals surface area (Å²) >= 11 is 0. The van der Waals surface area contributed by atoms with Gasteiger partial charge >= 0.3 is 0 Å². The quantitative estimate of drug-likeness (QED) is 0.878. The maximum Gasteiger partial charge on any atom is 0.146 e. The molecule has 1 aromatic rings. The zero-order valence-corrected chi connectivity index (χ0v) is 11.4. The van der Waals surface area contributed by atoms with Crippen molar-refractivity contribution in [2.24, 2.45) is 5.73 Å². The fraction of sp³-hybridized carbons (Fsp3) is 0.600. The number of rotatable bonds is 3. The van der Waals surface area contributed by atoms with E-state index in [4.69, 9.17) is 5.73 Å². The Balaban J connectivity index is 1.83. The molecule has 2 saturated heterocycles. The van der Waals surface area contributed by atoms with Gasteiger partial charge in [-0.1, -0.05) is 12.1 Å². The lowest BCUT2D eigenvalue weighted by Gasteiger charge is -2.45. The molecule has 0 saturated carbocycles. The fourth-order valence-corrected chi connectivity index (χ4v) is 3.74. The minimum absolute atomic E-state index is 0.152. The monoisotopic (exact) mass is 263 g/mol. The standard InChI is InChI=1S/C15H22FN3/c1-19-11-6-7-12(19)9-15(8-11,10-17)18-14-5-3-2-4-13(14)16/h2-5,11-12,18H,6-10,17H2,1H3. The van der Waals surface area contributed by atoms with Crippen molar-refractivity contribution in [1.29, 1.82) is 0 Å². The minimum Gasteiger partial charge on any atom is -0.376 e. The lowest BCUT2D eigenvalue weighted by Crippen LogP contribution is -2.57. The van der Waals surface area contributed by atoms with Crippen LogP contribution in [0.1, 0.15) is 25.7 Å².